The molecule has 2 aromatic carbocycles. The number of anilines is 2. The van der Waals surface area contributed by atoms with Crippen LogP contribution in [0.5, 0.6) is 0 Å². The van der Waals surface area contributed by atoms with E-state index < -0.39 is 6.03 Å². The molecule has 192 valence electrons. The van der Waals surface area contributed by atoms with Gasteiger partial charge in [-0.1, -0.05) is 76.0 Å². The number of nitrogens with one attached hydrogen (secondary N) is 2. The molecule has 3 aromatic rings. The van der Waals surface area contributed by atoms with Crippen LogP contribution in [0.15, 0.2) is 48.5 Å². The first-order valence-corrected chi connectivity index (χ1v) is 12.6. The van der Waals surface area contributed by atoms with E-state index in [2.05, 4.69) is 31.4 Å². The van der Waals surface area contributed by atoms with Crippen molar-refractivity contribution in [1.82, 2.24) is 14.7 Å². The number of nitrogens with zero attached hydrogens (tertiary/aromatic N) is 3. The first-order valence-electron chi connectivity index (χ1n) is 11.8. The van der Waals surface area contributed by atoms with Crippen LogP contribution in [0.3, 0.4) is 0 Å². The van der Waals surface area contributed by atoms with Gasteiger partial charge >= 0.3 is 6.03 Å². The fourth-order valence-electron chi connectivity index (χ4n) is 3.61. The van der Waals surface area contributed by atoms with Gasteiger partial charge in [0.05, 0.1) is 21.4 Å². The third-order valence-electron chi connectivity index (χ3n) is 5.47. The van der Waals surface area contributed by atoms with Gasteiger partial charge in [0.15, 0.2) is 0 Å². The summed E-state index contributed by atoms with van der Waals surface area (Å²) in [5.41, 5.74) is 3.03. The second-order valence-corrected chi connectivity index (χ2v) is 11.1. The molecule has 0 aliphatic heterocycles. The highest BCUT2D eigenvalue weighted by Gasteiger charge is 2.24. The van der Waals surface area contributed by atoms with Crippen LogP contribution in [-0.2, 0) is 10.2 Å². The van der Waals surface area contributed by atoms with Gasteiger partial charge in [0.2, 0.25) is 5.91 Å². The number of hydrogen-bond acceptors (Lipinski definition) is 3. The molecule has 2 N–H and O–H groups in total. The Bertz CT molecular complexity index is 1250. The predicted molar refractivity (Wildman–Crippen MR) is 148 cm³/mol. The quantitative estimate of drug-likeness (QED) is 0.348. The van der Waals surface area contributed by atoms with E-state index in [1.165, 1.54) is 4.90 Å². The van der Waals surface area contributed by atoms with E-state index in [9.17, 15) is 9.59 Å². The third kappa shape index (κ3) is 7.02. The Hall–Kier alpha value is -3.03. The third-order valence-corrected chi connectivity index (χ3v) is 6.21. The summed E-state index contributed by atoms with van der Waals surface area (Å²) in [6, 6.07) is 14.2. The summed E-state index contributed by atoms with van der Waals surface area (Å²) in [7, 11) is 0. The molecule has 0 aliphatic rings. The summed E-state index contributed by atoms with van der Waals surface area (Å²) in [6.07, 6.45) is 0. The number of amides is 3. The highest BCUT2D eigenvalue weighted by atomic mass is 35.5. The van der Waals surface area contributed by atoms with Gasteiger partial charge in [0.25, 0.3) is 0 Å². The number of benzene rings is 2. The molecule has 0 bridgehead atoms. The second kappa shape index (κ2) is 11.4. The lowest BCUT2D eigenvalue weighted by atomic mass is 9.92. The lowest BCUT2D eigenvalue weighted by molar-refractivity contribution is -0.116. The Balaban J connectivity index is 1.83. The number of rotatable bonds is 7. The highest BCUT2D eigenvalue weighted by Crippen LogP contribution is 2.28. The summed E-state index contributed by atoms with van der Waals surface area (Å²) < 4.78 is 1.75. The van der Waals surface area contributed by atoms with Crippen LogP contribution in [0, 0.1) is 12.8 Å². The Kier molecular flexibility index (Phi) is 8.69. The summed E-state index contributed by atoms with van der Waals surface area (Å²) in [5.74, 6) is 0.381. The highest BCUT2D eigenvalue weighted by molar-refractivity contribution is 6.42. The van der Waals surface area contributed by atoms with Crippen molar-refractivity contribution < 1.29 is 9.59 Å². The van der Waals surface area contributed by atoms with Crippen LogP contribution in [0.2, 0.25) is 10.0 Å². The smallest absolute Gasteiger partial charge is 0.315 e. The molecule has 0 aliphatic carbocycles. The molecule has 1 heterocycles. The zero-order valence-electron chi connectivity index (χ0n) is 21.5. The topological polar surface area (TPSA) is 79.3 Å². The maximum atomic E-state index is 13.2. The second-order valence-electron chi connectivity index (χ2n) is 10.2. The zero-order valence-corrected chi connectivity index (χ0v) is 23.0. The molecule has 0 spiro atoms. The lowest BCUT2D eigenvalue weighted by Crippen LogP contribution is -2.42. The van der Waals surface area contributed by atoms with Gasteiger partial charge in [-0.05, 0) is 42.7 Å². The number of aryl methyl sites for hydroxylation is 1. The van der Waals surface area contributed by atoms with E-state index in [1.807, 2.05) is 51.1 Å². The van der Waals surface area contributed by atoms with Gasteiger partial charge in [-0.2, -0.15) is 5.10 Å². The molecule has 9 heteroatoms. The van der Waals surface area contributed by atoms with E-state index in [0.29, 0.717) is 28.1 Å². The van der Waals surface area contributed by atoms with Crippen molar-refractivity contribution >= 4 is 46.6 Å². The van der Waals surface area contributed by atoms with Crippen molar-refractivity contribution in [1.29, 1.82) is 0 Å². The van der Waals surface area contributed by atoms with E-state index in [-0.39, 0.29) is 23.8 Å². The van der Waals surface area contributed by atoms with Gasteiger partial charge in [-0.3, -0.25) is 4.79 Å². The standard InChI is InChI=1S/C27H33Cl2N5O2/c1-17(2)15-33(26(36)30-19-11-12-20(28)21(29)13-19)16-25(35)31-24-14-23(27(4,5)6)32-34(24)22-10-8-7-9-18(22)3/h7-14,17H,15-16H2,1-6H3,(H,30,36)(H,31,35). The van der Waals surface area contributed by atoms with Crippen LogP contribution in [0.4, 0.5) is 16.3 Å². The number of halogens is 2. The average Bonchev–Trinajstić information content (AvgIpc) is 3.19. The molecule has 0 saturated heterocycles. The van der Waals surface area contributed by atoms with Crippen molar-refractivity contribution in [3.8, 4) is 5.69 Å². The van der Waals surface area contributed by atoms with Gasteiger partial charge in [-0.25, -0.2) is 9.48 Å². The van der Waals surface area contributed by atoms with E-state index in [0.717, 1.165) is 16.9 Å². The number of urea groups is 1. The molecule has 7 nitrogen and oxygen atoms in total. The summed E-state index contributed by atoms with van der Waals surface area (Å²) in [5, 5.41) is 11.3. The van der Waals surface area contributed by atoms with Crippen LogP contribution in [0.1, 0.15) is 45.9 Å². The molecule has 3 rings (SSSR count). The average molecular weight is 531 g/mol. The van der Waals surface area contributed by atoms with Gasteiger partial charge < -0.3 is 15.5 Å². The number of carbonyl (C=O) groups excluding carboxylic acids is 2. The predicted octanol–water partition coefficient (Wildman–Crippen LogP) is 6.91. The minimum atomic E-state index is -0.403. The van der Waals surface area contributed by atoms with Gasteiger partial charge in [0.1, 0.15) is 12.4 Å². The molecule has 0 atom stereocenters. The minimum absolute atomic E-state index is 0.130. The monoisotopic (exact) mass is 529 g/mol. The number of carbonyl (C=O) groups is 2. The molecular weight excluding hydrogens is 497 g/mol. The number of para-hydroxylation sites is 1. The van der Waals surface area contributed by atoms with E-state index in [1.54, 1.807) is 22.9 Å². The van der Waals surface area contributed by atoms with Crippen LogP contribution in [-0.4, -0.2) is 39.7 Å². The van der Waals surface area contributed by atoms with Crippen molar-refractivity contribution in [2.24, 2.45) is 5.92 Å². The van der Waals surface area contributed by atoms with Crippen molar-refractivity contribution in [3.05, 3.63) is 69.8 Å². The maximum absolute atomic E-state index is 13.2. The van der Waals surface area contributed by atoms with E-state index in [4.69, 9.17) is 28.3 Å². The molecule has 0 radical (unpaired) electrons. The van der Waals surface area contributed by atoms with Gasteiger partial charge in [-0.15, -0.1) is 0 Å². The molecule has 1 aromatic heterocycles. The largest absolute Gasteiger partial charge is 0.322 e. The lowest BCUT2D eigenvalue weighted by Gasteiger charge is -2.24. The fourth-order valence-corrected chi connectivity index (χ4v) is 3.91. The molecule has 36 heavy (non-hydrogen) atoms. The molecule has 0 saturated carbocycles. The normalized spacial score (nSPS) is 11.5. The maximum Gasteiger partial charge on any atom is 0.322 e. The Labute approximate surface area is 222 Å². The number of aromatic nitrogens is 2. The van der Waals surface area contributed by atoms with Crippen molar-refractivity contribution in [2.45, 2.75) is 47.0 Å². The van der Waals surface area contributed by atoms with Crippen molar-refractivity contribution in [3.63, 3.8) is 0 Å². The molecular formula is C27H33Cl2N5O2. The van der Waals surface area contributed by atoms with Crippen LogP contribution >= 0.6 is 23.2 Å². The van der Waals surface area contributed by atoms with Crippen LogP contribution < -0.4 is 10.6 Å². The Morgan fingerprint density at radius 3 is 2.33 bits per heavy atom. The SMILES string of the molecule is Cc1ccccc1-n1nc(C(C)(C)C)cc1NC(=O)CN(CC(C)C)C(=O)Nc1ccc(Cl)c(Cl)c1. The molecule has 3 amide bonds. The first kappa shape index (κ1) is 27.6. The summed E-state index contributed by atoms with van der Waals surface area (Å²) in [4.78, 5) is 27.7. The fraction of sp³-hybridized carbons (Fsp3) is 0.370. The molecule has 0 unspecified atom stereocenters. The minimum Gasteiger partial charge on any atom is -0.315 e. The zero-order chi connectivity index (χ0) is 26.6. The van der Waals surface area contributed by atoms with Gasteiger partial charge in [0, 0.05) is 23.7 Å². The first-order chi connectivity index (χ1) is 16.8. The molecule has 0 fully saturated rings. The Morgan fingerprint density at radius 2 is 1.72 bits per heavy atom. The number of hydrogen-bond donors (Lipinski definition) is 2. The summed E-state index contributed by atoms with van der Waals surface area (Å²) in [6.45, 7) is 12.4. The van der Waals surface area contributed by atoms with Crippen molar-refractivity contribution in [2.75, 3.05) is 23.7 Å². The van der Waals surface area contributed by atoms with E-state index >= 15 is 0 Å². The van der Waals surface area contributed by atoms with Crippen LogP contribution in [0.25, 0.3) is 5.69 Å². The summed E-state index contributed by atoms with van der Waals surface area (Å²) >= 11 is 12.1. The Morgan fingerprint density at radius 1 is 1.03 bits per heavy atom.